The van der Waals surface area contributed by atoms with Crippen molar-refractivity contribution in [2.24, 2.45) is 5.10 Å². The number of rotatable bonds is 2. The van der Waals surface area contributed by atoms with Gasteiger partial charge in [0.15, 0.2) is 0 Å². The van der Waals surface area contributed by atoms with Gasteiger partial charge >= 0.3 is 0 Å². The first-order valence-corrected chi connectivity index (χ1v) is 5.02. The summed E-state index contributed by atoms with van der Waals surface area (Å²) in [6.07, 6.45) is 0. The summed E-state index contributed by atoms with van der Waals surface area (Å²) in [6.45, 7) is 3.14. The highest BCUT2D eigenvalue weighted by atomic mass is 35.5. The van der Waals surface area contributed by atoms with Crippen molar-refractivity contribution in [2.45, 2.75) is 13.8 Å². The third kappa shape index (κ3) is 3.53. The van der Waals surface area contributed by atoms with Crippen LogP contribution in [0.1, 0.15) is 19.4 Å². The van der Waals surface area contributed by atoms with E-state index in [-0.39, 0.29) is 5.91 Å². The lowest BCUT2D eigenvalue weighted by molar-refractivity contribution is -0.118. The van der Waals surface area contributed by atoms with Crippen LogP contribution in [0.25, 0.3) is 0 Å². The van der Waals surface area contributed by atoms with Crippen LogP contribution < -0.4 is 5.43 Å². The van der Waals surface area contributed by atoms with Crippen molar-refractivity contribution < 1.29 is 4.79 Å². The van der Waals surface area contributed by atoms with E-state index in [1.165, 1.54) is 6.92 Å². The van der Waals surface area contributed by atoms with Gasteiger partial charge in [0, 0.05) is 17.5 Å². The molecule has 0 aliphatic rings. The van der Waals surface area contributed by atoms with Crippen molar-refractivity contribution in [3.63, 3.8) is 0 Å². The Balaban J connectivity index is 2.95. The van der Waals surface area contributed by atoms with E-state index in [0.29, 0.717) is 15.8 Å². The molecule has 0 heterocycles. The molecule has 0 unspecified atom stereocenters. The molecule has 0 spiro atoms. The Labute approximate surface area is 98.1 Å². The Morgan fingerprint density at radius 3 is 2.53 bits per heavy atom. The van der Waals surface area contributed by atoms with E-state index in [0.717, 1.165) is 5.56 Å². The Bertz CT molecular complexity index is 416. The largest absolute Gasteiger partial charge is 0.274 e. The third-order valence-electron chi connectivity index (χ3n) is 1.70. The lowest BCUT2D eigenvalue weighted by Gasteiger charge is -2.04. The molecule has 0 saturated heterocycles. The maximum absolute atomic E-state index is 10.6. The number of benzene rings is 1. The van der Waals surface area contributed by atoms with Crippen molar-refractivity contribution in [2.75, 3.05) is 0 Å². The first-order valence-electron chi connectivity index (χ1n) is 4.27. The molecule has 0 aliphatic heterocycles. The molecular formula is C10H10Cl2N2O. The number of hydrazone groups is 1. The minimum absolute atomic E-state index is 0.223. The van der Waals surface area contributed by atoms with Gasteiger partial charge in [-0.15, -0.1) is 0 Å². The molecule has 1 amide bonds. The molecule has 0 saturated carbocycles. The summed E-state index contributed by atoms with van der Waals surface area (Å²) in [5, 5.41) is 4.95. The van der Waals surface area contributed by atoms with Crippen molar-refractivity contribution in [3.05, 3.63) is 33.8 Å². The monoisotopic (exact) mass is 244 g/mol. The highest BCUT2D eigenvalue weighted by Crippen LogP contribution is 2.21. The van der Waals surface area contributed by atoms with E-state index in [2.05, 4.69) is 10.5 Å². The van der Waals surface area contributed by atoms with Gasteiger partial charge in [-0.3, -0.25) is 4.79 Å². The van der Waals surface area contributed by atoms with Gasteiger partial charge in [0.1, 0.15) is 0 Å². The summed E-state index contributed by atoms with van der Waals surface area (Å²) in [4.78, 5) is 10.6. The second-order valence-corrected chi connectivity index (χ2v) is 3.83. The van der Waals surface area contributed by atoms with Crippen LogP contribution in [-0.2, 0) is 4.79 Å². The van der Waals surface area contributed by atoms with E-state index in [4.69, 9.17) is 23.2 Å². The third-order valence-corrected chi connectivity index (χ3v) is 2.25. The van der Waals surface area contributed by atoms with E-state index in [9.17, 15) is 4.79 Å². The lowest BCUT2D eigenvalue weighted by atomic mass is 10.1. The normalized spacial score (nSPS) is 11.3. The standard InChI is InChI=1S/C10H10Cl2N2O/c1-6(13-14-7(2)15)9-4-3-8(11)5-10(9)12/h3-5H,1-2H3,(H,14,15). The number of carbonyl (C=O) groups is 1. The summed E-state index contributed by atoms with van der Waals surface area (Å²) in [5.41, 5.74) is 3.72. The zero-order valence-electron chi connectivity index (χ0n) is 8.34. The fraction of sp³-hybridized carbons (Fsp3) is 0.200. The molecule has 1 aromatic carbocycles. The second-order valence-electron chi connectivity index (χ2n) is 2.99. The number of halogens is 2. The number of carbonyl (C=O) groups excluding carboxylic acids is 1. The first-order chi connectivity index (χ1) is 7.00. The predicted octanol–water partition coefficient (Wildman–Crippen LogP) is 2.85. The van der Waals surface area contributed by atoms with Gasteiger partial charge in [0.2, 0.25) is 5.91 Å². The molecule has 5 heteroatoms. The minimum Gasteiger partial charge on any atom is -0.274 e. The molecule has 0 atom stereocenters. The molecule has 0 aromatic heterocycles. The van der Waals surface area contributed by atoms with Crippen LogP contribution in [-0.4, -0.2) is 11.6 Å². The molecule has 0 aliphatic carbocycles. The van der Waals surface area contributed by atoms with Crippen molar-refractivity contribution in [3.8, 4) is 0 Å². The van der Waals surface area contributed by atoms with E-state index >= 15 is 0 Å². The summed E-state index contributed by atoms with van der Waals surface area (Å²) in [6, 6.07) is 5.10. The Morgan fingerprint density at radius 1 is 1.33 bits per heavy atom. The molecule has 1 rings (SSSR count). The number of nitrogens with zero attached hydrogens (tertiary/aromatic N) is 1. The maximum atomic E-state index is 10.6. The Hall–Kier alpha value is -1.06. The summed E-state index contributed by atoms with van der Waals surface area (Å²) in [5.74, 6) is -0.223. The van der Waals surface area contributed by atoms with E-state index < -0.39 is 0 Å². The molecule has 0 radical (unpaired) electrons. The highest BCUT2D eigenvalue weighted by molar-refractivity contribution is 6.37. The topological polar surface area (TPSA) is 41.5 Å². The fourth-order valence-electron chi connectivity index (χ4n) is 1.01. The van der Waals surface area contributed by atoms with E-state index in [1.54, 1.807) is 25.1 Å². The first kappa shape index (κ1) is 12.0. The zero-order valence-corrected chi connectivity index (χ0v) is 9.86. The number of hydrogen-bond donors (Lipinski definition) is 1. The molecule has 1 N–H and O–H groups in total. The van der Waals surface area contributed by atoms with Crippen LogP contribution in [0.4, 0.5) is 0 Å². The van der Waals surface area contributed by atoms with Crippen LogP contribution in [0.15, 0.2) is 23.3 Å². The number of amides is 1. The van der Waals surface area contributed by atoms with Gasteiger partial charge in [0.05, 0.1) is 10.7 Å². The second kappa shape index (κ2) is 5.14. The molecule has 0 bridgehead atoms. The Kier molecular flexibility index (Phi) is 4.12. The van der Waals surface area contributed by atoms with Gasteiger partial charge in [-0.2, -0.15) is 5.10 Å². The molecule has 1 aromatic rings. The van der Waals surface area contributed by atoms with Crippen molar-refractivity contribution in [1.29, 1.82) is 0 Å². The quantitative estimate of drug-likeness (QED) is 0.631. The maximum Gasteiger partial charge on any atom is 0.236 e. The fourth-order valence-corrected chi connectivity index (χ4v) is 1.55. The van der Waals surface area contributed by atoms with Crippen LogP contribution in [0, 0.1) is 0 Å². The smallest absolute Gasteiger partial charge is 0.236 e. The van der Waals surface area contributed by atoms with Gasteiger partial charge in [0.25, 0.3) is 0 Å². The van der Waals surface area contributed by atoms with Crippen LogP contribution in [0.3, 0.4) is 0 Å². The van der Waals surface area contributed by atoms with Gasteiger partial charge in [-0.1, -0.05) is 29.3 Å². The Morgan fingerprint density at radius 2 is 2.00 bits per heavy atom. The summed E-state index contributed by atoms with van der Waals surface area (Å²) in [7, 11) is 0. The van der Waals surface area contributed by atoms with E-state index in [1.807, 2.05) is 0 Å². The molecule has 3 nitrogen and oxygen atoms in total. The van der Waals surface area contributed by atoms with Crippen LogP contribution in [0.2, 0.25) is 10.0 Å². The number of nitrogens with one attached hydrogen (secondary N) is 1. The molecule has 15 heavy (non-hydrogen) atoms. The van der Waals surface area contributed by atoms with Crippen molar-refractivity contribution >= 4 is 34.8 Å². The number of hydrogen-bond acceptors (Lipinski definition) is 2. The molecular weight excluding hydrogens is 235 g/mol. The molecule has 0 fully saturated rings. The summed E-state index contributed by atoms with van der Waals surface area (Å²) >= 11 is 11.7. The minimum atomic E-state index is -0.223. The van der Waals surface area contributed by atoms with Crippen LogP contribution in [0.5, 0.6) is 0 Å². The van der Waals surface area contributed by atoms with Gasteiger partial charge in [-0.05, 0) is 19.1 Å². The van der Waals surface area contributed by atoms with Gasteiger partial charge in [-0.25, -0.2) is 5.43 Å². The average molecular weight is 245 g/mol. The highest BCUT2D eigenvalue weighted by Gasteiger charge is 2.04. The van der Waals surface area contributed by atoms with Gasteiger partial charge < -0.3 is 0 Å². The summed E-state index contributed by atoms with van der Waals surface area (Å²) < 4.78 is 0. The predicted molar refractivity (Wildman–Crippen MR) is 62.5 cm³/mol. The molecule has 80 valence electrons. The lowest BCUT2D eigenvalue weighted by Crippen LogP contribution is -2.15. The van der Waals surface area contributed by atoms with Crippen LogP contribution >= 0.6 is 23.2 Å². The average Bonchev–Trinajstić information content (AvgIpc) is 2.14. The SMILES string of the molecule is CC(=O)NN=C(C)c1ccc(Cl)cc1Cl. The zero-order chi connectivity index (χ0) is 11.4. The van der Waals surface area contributed by atoms with Crippen molar-refractivity contribution in [1.82, 2.24) is 5.43 Å².